The minimum atomic E-state index is -0.440. The van der Waals surface area contributed by atoms with Crippen LogP contribution in [0.4, 0.5) is 5.69 Å². The molecule has 236 valence electrons. The summed E-state index contributed by atoms with van der Waals surface area (Å²) >= 11 is 0. The summed E-state index contributed by atoms with van der Waals surface area (Å²) in [7, 11) is 3.41. The maximum atomic E-state index is 11.9. The molecule has 1 N–H and O–H groups in total. The van der Waals surface area contributed by atoms with Gasteiger partial charge in [0.05, 0.1) is 31.5 Å². The molecule has 10 heteroatoms. The van der Waals surface area contributed by atoms with Crippen molar-refractivity contribution in [2.45, 2.75) is 37.5 Å². The summed E-state index contributed by atoms with van der Waals surface area (Å²) in [5.41, 5.74) is 3.14. The molecule has 0 aliphatic carbocycles. The Labute approximate surface area is 259 Å². The molecule has 0 bridgehead atoms. The number of nitrogens with zero attached hydrogens (tertiary/aromatic N) is 2. The van der Waals surface area contributed by atoms with Crippen molar-refractivity contribution < 1.29 is 28.4 Å². The lowest BCUT2D eigenvalue weighted by Gasteiger charge is -2.36. The number of methoxy groups -OCH3 is 2. The zero-order valence-corrected chi connectivity index (χ0v) is 25.6. The Morgan fingerprint density at radius 3 is 2.36 bits per heavy atom. The molecule has 3 atom stereocenters. The second-order valence-corrected chi connectivity index (χ2v) is 11.0. The van der Waals surface area contributed by atoms with Crippen molar-refractivity contribution in [1.29, 1.82) is 0 Å². The molecular formula is C34H43N3O7. The van der Waals surface area contributed by atoms with Crippen molar-refractivity contribution in [3.8, 4) is 23.0 Å². The number of nitroso groups, excluding NO2 is 1. The van der Waals surface area contributed by atoms with Crippen LogP contribution in [0.1, 0.15) is 29.9 Å². The first-order valence-corrected chi connectivity index (χ1v) is 15.3. The molecule has 0 amide bonds. The normalized spacial score (nSPS) is 19.6. The predicted molar refractivity (Wildman–Crippen MR) is 169 cm³/mol. The van der Waals surface area contributed by atoms with Crippen molar-refractivity contribution >= 4 is 5.69 Å². The summed E-state index contributed by atoms with van der Waals surface area (Å²) in [6.07, 6.45) is 1.56. The van der Waals surface area contributed by atoms with Gasteiger partial charge in [-0.2, -0.15) is 4.91 Å². The minimum absolute atomic E-state index is 0.177. The van der Waals surface area contributed by atoms with Crippen LogP contribution in [0.25, 0.3) is 0 Å². The lowest BCUT2D eigenvalue weighted by Crippen LogP contribution is -2.48. The zero-order valence-electron chi connectivity index (χ0n) is 25.6. The van der Waals surface area contributed by atoms with Gasteiger partial charge in [-0.05, 0) is 66.1 Å². The standard InChI is InChI=1S/C34H43N3O7/c1-39-17-3-15-37-16-20-42-32-14-5-25(21-31(32)37)24-43-33-23-35-22-30(36-38)34(33)26-6-8-28(9-7-26)44-29-12-10-27(11-13-29)41-19-4-18-40-2/h5-14,21,30,33-35H,3-4,15-20,22-24H2,1-2H3/t30-,33+,34+/m1/s1. The third kappa shape index (κ3) is 8.47. The number of hydrogen-bond donors (Lipinski definition) is 1. The van der Waals surface area contributed by atoms with Crippen molar-refractivity contribution in [3.05, 3.63) is 82.8 Å². The van der Waals surface area contributed by atoms with Crippen molar-refractivity contribution in [1.82, 2.24) is 5.32 Å². The summed E-state index contributed by atoms with van der Waals surface area (Å²) in [5, 5.41) is 6.79. The van der Waals surface area contributed by atoms with Crippen molar-refractivity contribution in [2.24, 2.45) is 5.18 Å². The smallest absolute Gasteiger partial charge is 0.142 e. The van der Waals surface area contributed by atoms with Crippen LogP contribution >= 0.6 is 0 Å². The van der Waals surface area contributed by atoms with E-state index in [1.54, 1.807) is 14.2 Å². The Bertz CT molecular complexity index is 1310. The lowest BCUT2D eigenvalue weighted by atomic mass is 9.84. The second kappa shape index (κ2) is 16.4. The maximum Gasteiger partial charge on any atom is 0.142 e. The summed E-state index contributed by atoms with van der Waals surface area (Å²) in [5.74, 6) is 2.92. The van der Waals surface area contributed by atoms with E-state index in [0.717, 1.165) is 60.9 Å². The van der Waals surface area contributed by atoms with Gasteiger partial charge in [0.1, 0.15) is 35.6 Å². The second-order valence-electron chi connectivity index (χ2n) is 11.0. The van der Waals surface area contributed by atoms with Crippen LogP contribution in [0.2, 0.25) is 0 Å². The number of ether oxygens (including phenoxy) is 6. The topological polar surface area (TPSA) is 100 Å². The van der Waals surface area contributed by atoms with E-state index in [2.05, 4.69) is 21.5 Å². The van der Waals surface area contributed by atoms with E-state index < -0.39 is 6.04 Å². The van der Waals surface area contributed by atoms with E-state index >= 15 is 0 Å². The zero-order chi connectivity index (χ0) is 30.6. The fourth-order valence-corrected chi connectivity index (χ4v) is 5.71. The Balaban J connectivity index is 1.21. The van der Waals surface area contributed by atoms with Gasteiger partial charge >= 0.3 is 0 Å². The highest BCUT2D eigenvalue weighted by atomic mass is 16.5. The molecule has 5 rings (SSSR count). The van der Waals surface area contributed by atoms with Crippen LogP contribution in [-0.2, 0) is 20.8 Å². The van der Waals surface area contributed by atoms with Crippen LogP contribution in [0.3, 0.4) is 0 Å². The van der Waals surface area contributed by atoms with Gasteiger partial charge in [0.2, 0.25) is 0 Å². The van der Waals surface area contributed by atoms with Gasteiger partial charge in [-0.3, -0.25) is 0 Å². The Morgan fingerprint density at radius 2 is 1.61 bits per heavy atom. The van der Waals surface area contributed by atoms with Crippen LogP contribution in [-0.4, -0.2) is 79.0 Å². The quantitative estimate of drug-likeness (QED) is 0.167. The van der Waals surface area contributed by atoms with E-state index in [-0.39, 0.29) is 12.0 Å². The summed E-state index contributed by atoms with van der Waals surface area (Å²) in [4.78, 5) is 14.2. The van der Waals surface area contributed by atoms with E-state index in [4.69, 9.17) is 28.4 Å². The van der Waals surface area contributed by atoms with E-state index in [1.807, 2.05) is 60.7 Å². The third-order valence-electron chi connectivity index (χ3n) is 7.96. The van der Waals surface area contributed by atoms with Crippen molar-refractivity contribution in [3.63, 3.8) is 0 Å². The molecule has 44 heavy (non-hydrogen) atoms. The summed E-state index contributed by atoms with van der Waals surface area (Å²) in [6, 6.07) is 21.2. The number of hydrogen-bond acceptors (Lipinski definition) is 10. The molecule has 3 aromatic rings. The number of nitrogens with one attached hydrogen (secondary N) is 1. The first kappa shape index (κ1) is 31.7. The first-order chi connectivity index (χ1) is 21.7. The average molecular weight is 606 g/mol. The number of rotatable bonds is 16. The molecule has 10 nitrogen and oxygen atoms in total. The van der Waals surface area contributed by atoms with Crippen molar-refractivity contribution in [2.75, 3.05) is 71.7 Å². The van der Waals surface area contributed by atoms with Crippen LogP contribution < -0.4 is 24.4 Å². The van der Waals surface area contributed by atoms with E-state index in [9.17, 15) is 4.91 Å². The largest absolute Gasteiger partial charge is 0.494 e. The summed E-state index contributed by atoms with van der Waals surface area (Å²) < 4.78 is 34.5. The molecular weight excluding hydrogens is 562 g/mol. The predicted octanol–water partition coefficient (Wildman–Crippen LogP) is 5.54. The fraction of sp³-hybridized carbons (Fsp3) is 0.471. The van der Waals surface area contributed by atoms with E-state index in [1.165, 1.54) is 0 Å². The van der Waals surface area contributed by atoms with Crippen LogP contribution in [0, 0.1) is 4.91 Å². The van der Waals surface area contributed by atoms with Crippen LogP contribution in [0.5, 0.6) is 23.0 Å². The number of piperidine rings is 1. The molecule has 2 aliphatic heterocycles. The van der Waals surface area contributed by atoms with Gasteiger partial charge in [-0.1, -0.05) is 23.4 Å². The number of benzene rings is 3. The highest BCUT2D eigenvalue weighted by molar-refractivity contribution is 5.61. The Hall–Kier alpha value is -3.70. The SMILES string of the molecule is COCCCOc1ccc(Oc2ccc([C@@H]3[C@@H](OCc4ccc5c(c4)N(CCCOC)CCO5)CNC[C@H]3N=O)cc2)cc1. The van der Waals surface area contributed by atoms with Gasteiger partial charge < -0.3 is 38.6 Å². The lowest BCUT2D eigenvalue weighted by molar-refractivity contribution is 0.00539. The van der Waals surface area contributed by atoms with Gasteiger partial charge in [0, 0.05) is 59.4 Å². The van der Waals surface area contributed by atoms with Gasteiger partial charge in [-0.15, -0.1) is 0 Å². The number of anilines is 1. The Morgan fingerprint density at radius 1 is 0.886 bits per heavy atom. The number of fused-ring (bicyclic) bond motifs is 1. The third-order valence-corrected chi connectivity index (χ3v) is 7.96. The maximum absolute atomic E-state index is 11.9. The molecule has 0 aromatic heterocycles. The molecule has 1 saturated heterocycles. The van der Waals surface area contributed by atoms with Crippen LogP contribution in [0.15, 0.2) is 71.9 Å². The molecule has 0 saturated carbocycles. The minimum Gasteiger partial charge on any atom is -0.494 e. The molecule has 2 heterocycles. The van der Waals surface area contributed by atoms with Gasteiger partial charge in [0.25, 0.3) is 0 Å². The molecule has 0 unspecified atom stereocenters. The van der Waals surface area contributed by atoms with E-state index in [0.29, 0.717) is 51.0 Å². The summed E-state index contributed by atoms with van der Waals surface area (Å²) in [6.45, 7) is 5.98. The fourth-order valence-electron chi connectivity index (χ4n) is 5.71. The first-order valence-electron chi connectivity index (χ1n) is 15.3. The monoisotopic (exact) mass is 605 g/mol. The van der Waals surface area contributed by atoms with Gasteiger partial charge in [0.15, 0.2) is 0 Å². The molecule has 0 spiro atoms. The highest BCUT2D eigenvalue weighted by Gasteiger charge is 2.36. The average Bonchev–Trinajstić information content (AvgIpc) is 3.07. The molecule has 2 aliphatic rings. The molecule has 3 aromatic carbocycles. The highest BCUT2D eigenvalue weighted by Crippen LogP contribution is 2.35. The van der Waals surface area contributed by atoms with Gasteiger partial charge in [-0.25, -0.2) is 0 Å². The Kier molecular flexibility index (Phi) is 11.8. The molecule has 0 radical (unpaired) electrons. The molecule has 1 fully saturated rings.